The van der Waals surface area contributed by atoms with Crippen LogP contribution in [0.2, 0.25) is 0 Å². The van der Waals surface area contributed by atoms with Gasteiger partial charge in [0.15, 0.2) is 17.1 Å². The zero-order valence-electron chi connectivity index (χ0n) is 20.2. The molecule has 1 fully saturated rings. The van der Waals surface area contributed by atoms with Gasteiger partial charge < -0.3 is 35.0 Å². The molecule has 0 radical (unpaired) electrons. The van der Waals surface area contributed by atoms with Crippen molar-refractivity contribution < 1.29 is 49.4 Å². The summed E-state index contributed by atoms with van der Waals surface area (Å²) in [5, 5.41) is 49.7. The highest BCUT2D eigenvalue weighted by atomic mass is 16.6. The lowest BCUT2D eigenvalue weighted by Gasteiger charge is -2.40. The summed E-state index contributed by atoms with van der Waals surface area (Å²) in [7, 11) is 0. The Labute approximate surface area is 212 Å². The van der Waals surface area contributed by atoms with Gasteiger partial charge in [0.2, 0.25) is 0 Å². The lowest BCUT2D eigenvalue weighted by Crippen LogP contribution is -2.58. The van der Waals surface area contributed by atoms with Crippen molar-refractivity contribution in [3.63, 3.8) is 0 Å². The van der Waals surface area contributed by atoms with Crippen LogP contribution in [0.5, 0.6) is 11.5 Å². The number of hydrogen-bond acceptors (Lipinski definition) is 9. The molecule has 3 rings (SSSR count). The van der Waals surface area contributed by atoms with E-state index in [0.29, 0.717) is 5.56 Å². The summed E-state index contributed by atoms with van der Waals surface area (Å²) in [4.78, 5) is 36.4. The van der Waals surface area contributed by atoms with Crippen molar-refractivity contribution in [2.24, 2.45) is 0 Å². The second kappa shape index (κ2) is 11.3. The first-order chi connectivity index (χ1) is 17.4. The molecular weight excluding hydrogens is 484 g/mol. The van der Waals surface area contributed by atoms with Crippen molar-refractivity contribution in [2.75, 3.05) is 0 Å². The van der Waals surface area contributed by atoms with Gasteiger partial charge in [0.05, 0.1) is 0 Å². The number of esters is 2. The van der Waals surface area contributed by atoms with Crippen LogP contribution in [-0.4, -0.2) is 67.4 Å². The minimum atomic E-state index is -2.42. The molecule has 0 aliphatic heterocycles. The van der Waals surface area contributed by atoms with Crippen LogP contribution in [-0.2, 0) is 23.9 Å². The number of aryl methyl sites for hydroxylation is 2. The number of ether oxygens (including phenoxy) is 2. The lowest BCUT2D eigenvalue weighted by atomic mass is 9.79. The summed E-state index contributed by atoms with van der Waals surface area (Å²) in [6.07, 6.45) is -0.981. The number of aliphatic hydroxyl groups excluding tert-OH is 1. The summed E-state index contributed by atoms with van der Waals surface area (Å²) >= 11 is 0. The van der Waals surface area contributed by atoms with E-state index in [1.165, 1.54) is 30.4 Å². The highest BCUT2D eigenvalue weighted by molar-refractivity contribution is 5.88. The second-order valence-electron chi connectivity index (χ2n) is 8.94. The van der Waals surface area contributed by atoms with Crippen LogP contribution < -0.4 is 0 Å². The molecule has 1 aliphatic rings. The van der Waals surface area contributed by atoms with Crippen molar-refractivity contribution in [2.45, 2.75) is 50.6 Å². The van der Waals surface area contributed by atoms with Gasteiger partial charge in [0.25, 0.3) is 0 Å². The van der Waals surface area contributed by atoms with E-state index in [9.17, 15) is 39.9 Å². The number of hydrogen-bond donors (Lipinski definition) is 5. The lowest BCUT2D eigenvalue weighted by molar-refractivity contribution is -0.203. The van der Waals surface area contributed by atoms with Crippen LogP contribution in [0.1, 0.15) is 35.1 Å². The van der Waals surface area contributed by atoms with Gasteiger partial charge >= 0.3 is 17.9 Å². The molecule has 0 aromatic heterocycles. The van der Waals surface area contributed by atoms with E-state index in [2.05, 4.69) is 0 Å². The van der Waals surface area contributed by atoms with E-state index < -0.39 is 60.4 Å². The van der Waals surface area contributed by atoms with E-state index in [1.807, 2.05) is 26.0 Å². The fourth-order valence-corrected chi connectivity index (χ4v) is 3.85. The van der Waals surface area contributed by atoms with Crippen molar-refractivity contribution in [3.05, 3.63) is 70.8 Å². The molecule has 0 heterocycles. The molecule has 2 aromatic carbocycles. The number of carbonyl (C=O) groups is 3. The van der Waals surface area contributed by atoms with E-state index >= 15 is 0 Å². The minimum Gasteiger partial charge on any atom is -0.504 e. The highest BCUT2D eigenvalue weighted by Gasteiger charge is 2.52. The van der Waals surface area contributed by atoms with Gasteiger partial charge in [0.1, 0.15) is 18.3 Å². The topological polar surface area (TPSA) is 171 Å². The molecule has 1 saturated carbocycles. The molecule has 0 amide bonds. The molecule has 10 nitrogen and oxygen atoms in total. The van der Waals surface area contributed by atoms with Gasteiger partial charge in [0, 0.05) is 25.0 Å². The Morgan fingerprint density at radius 1 is 0.838 bits per heavy atom. The Morgan fingerprint density at radius 3 is 1.84 bits per heavy atom. The Hall–Kier alpha value is -4.15. The number of rotatable bonds is 7. The number of benzene rings is 2. The van der Waals surface area contributed by atoms with Gasteiger partial charge in [-0.1, -0.05) is 24.3 Å². The summed E-state index contributed by atoms with van der Waals surface area (Å²) in [6, 6.07) is 9.37. The number of carboxylic acid groups (broad SMARTS) is 1. The number of phenols is 2. The van der Waals surface area contributed by atoms with Crippen LogP contribution in [0.15, 0.2) is 48.6 Å². The molecule has 4 atom stereocenters. The summed E-state index contributed by atoms with van der Waals surface area (Å²) in [5.74, 6) is -4.23. The van der Waals surface area contributed by atoms with E-state index in [0.717, 1.165) is 28.8 Å². The zero-order chi connectivity index (χ0) is 27.3. The standard InChI is InChI=1S/C27H28O10/c1-15-3-4-17(11-16(15)2)6-9-23(30)36-21-13-27(35,26(33)34)14-22(25(21)32)37-24(31)10-7-18-5-8-19(28)20(29)12-18/h3-12,21-22,25,28-29,32,35H,13-14H2,1-2H3,(H,33,34). The Balaban J connectivity index is 1.71. The SMILES string of the molecule is Cc1ccc(C=CC(=O)OC2CC(O)(C(=O)O)CC(OC(=O)C=Cc3ccc(O)c(O)c3)C2O)cc1C. The van der Waals surface area contributed by atoms with Crippen molar-refractivity contribution in [1.29, 1.82) is 0 Å². The first kappa shape index (κ1) is 27.4. The largest absolute Gasteiger partial charge is 0.504 e. The monoisotopic (exact) mass is 512 g/mol. The van der Waals surface area contributed by atoms with Gasteiger partial charge in [-0.05, 0) is 60.4 Å². The maximum absolute atomic E-state index is 12.4. The quantitative estimate of drug-likeness (QED) is 0.210. The van der Waals surface area contributed by atoms with Crippen LogP contribution in [0.3, 0.4) is 0 Å². The second-order valence-corrected chi connectivity index (χ2v) is 8.94. The number of aliphatic carboxylic acids is 1. The van der Waals surface area contributed by atoms with Crippen LogP contribution in [0.25, 0.3) is 12.2 Å². The van der Waals surface area contributed by atoms with Gasteiger partial charge in [-0.15, -0.1) is 0 Å². The fraction of sp³-hybridized carbons (Fsp3) is 0.296. The van der Waals surface area contributed by atoms with Gasteiger partial charge in [-0.25, -0.2) is 14.4 Å². The average Bonchev–Trinajstić information content (AvgIpc) is 2.83. The molecule has 0 bridgehead atoms. The van der Waals surface area contributed by atoms with Crippen LogP contribution in [0, 0.1) is 13.8 Å². The average molecular weight is 513 g/mol. The molecule has 196 valence electrons. The first-order valence-corrected chi connectivity index (χ1v) is 11.4. The predicted molar refractivity (Wildman–Crippen MR) is 131 cm³/mol. The normalized spacial score (nSPS) is 23.7. The molecule has 0 saturated heterocycles. The third-order valence-corrected chi connectivity index (χ3v) is 6.13. The summed E-state index contributed by atoms with van der Waals surface area (Å²) < 4.78 is 10.4. The maximum atomic E-state index is 12.4. The van der Waals surface area contributed by atoms with Crippen molar-refractivity contribution in [3.8, 4) is 11.5 Å². The Kier molecular flexibility index (Phi) is 8.36. The molecule has 10 heteroatoms. The maximum Gasteiger partial charge on any atom is 0.335 e. The molecule has 5 N–H and O–H groups in total. The number of aliphatic hydroxyl groups is 2. The molecule has 1 aliphatic carbocycles. The summed E-state index contributed by atoms with van der Waals surface area (Å²) in [5.41, 5.74) is 0.757. The highest BCUT2D eigenvalue weighted by Crippen LogP contribution is 2.33. The fourth-order valence-electron chi connectivity index (χ4n) is 3.85. The zero-order valence-corrected chi connectivity index (χ0v) is 20.2. The molecule has 0 spiro atoms. The number of carbonyl (C=O) groups excluding carboxylic acids is 2. The van der Waals surface area contributed by atoms with Crippen LogP contribution >= 0.6 is 0 Å². The van der Waals surface area contributed by atoms with E-state index in [1.54, 1.807) is 6.07 Å². The van der Waals surface area contributed by atoms with E-state index in [-0.39, 0.29) is 5.75 Å². The molecule has 2 aromatic rings. The molecule has 37 heavy (non-hydrogen) atoms. The number of phenolic OH excluding ortho intramolecular Hbond substituents is 2. The Bertz CT molecular complexity index is 1160. The Morgan fingerprint density at radius 2 is 1.35 bits per heavy atom. The van der Waals surface area contributed by atoms with Crippen LogP contribution in [0.4, 0.5) is 0 Å². The third-order valence-electron chi connectivity index (χ3n) is 6.13. The van der Waals surface area contributed by atoms with Gasteiger partial charge in [-0.2, -0.15) is 0 Å². The minimum absolute atomic E-state index is 0.345. The number of aromatic hydroxyl groups is 2. The van der Waals surface area contributed by atoms with Crippen molar-refractivity contribution in [1.82, 2.24) is 0 Å². The van der Waals surface area contributed by atoms with Crippen molar-refractivity contribution >= 4 is 30.1 Å². The summed E-state index contributed by atoms with van der Waals surface area (Å²) in [6.45, 7) is 3.86. The van der Waals surface area contributed by atoms with Gasteiger partial charge in [-0.3, -0.25) is 0 Å². The third kappa shape index (κ3) is 6.96. The smallest absolute Gasteiger partial charge is 0.335 e. The molecular formula is C27H28O10. The number of carboxylic acids is 1. The first-order valence-electron chi connectivity index (χ1n) is 11.4. The predicted octanol–water partition coefficient (Wildman–Crippen LogP) is 2.24. The van der Waals surface area contributed by atoms with E-state index in [4.69, 9.17) is 9.47 Å². The molecule has 4 unspecified atom stereocenters.